The summed E-state index contributed by atoms with van der Waals surface area (Å²) in [7, 11) is -1.80. The summed E-state index contributed by atoms with van der Waals surface area (Å²) >= 11 is 0. The Morgan fingerprint density at radius 2 is 1.72 bits per heavy atom. The number of ether oxygens (including phenoxy) is 1. The molecule has 2 aromatic rings. The van der Waals surface area contributed by atoms with Gasteiger partial charge in [0.25, 0.3) is 0 Å². The van der Waals surface area contributed by atoms with E-state index >= 15 is 0 Å². The average Bonchev–Trinajstić information content (AvgIpc) is 3.03. The summed E-state index contributed by atoms with van der Waals surface area (Å²) in [5, 5.41) is 0.242. The van der Waals surface area contributed by atoms with Gasteiger partial charge < -0.3 is 9.16 Å². The fourth-order valence-electron chi connectivity index (χ4n) is 6.53. The molecule has 36 heavy (non-hydrogen) atoms. The molecule has 0 aliphatic heterocycles. The maximum atomic E-state index is 12.6. The summed E-state index contributed by atoms with van der Waals surface area (Å²) in [5.41, 5.74) is 6.91. The van der Waals surface area contributed by atoms with Gasteiger partial charge in [0.2, 0.25) is 0 Å². The van der Waals surface area contributed by atoms with Gasteiger partial charge in [-0.15, -0.1) is 0 Å². The summed E-state index contributed by atoms with van der Waals surface area (Å²) in [5.74, 6) is 0.993. The first kappa shape index (κ1) is 25.5. The minimum atomic E-state index is -1.80. The van der Waals surface area contributed by atoms with Gasteiger partial charge in [-0.1, -0.05) is 63.1 Å². The summed E-state index contributed by atoms with van der Waals surface area (Å²) in [4.78, 5) is 12.6. The predicted molar refractivity (Wildman–Crippen MR) is 149 cm³/mol. The fraction of sp³-hybridized carbons (Fsp3) is 0.531. The van der Waals surface area contributed by atoms with Crippen LogP contribution in [-0.4, -0.2) is 20.4 Å². The molecule has 1 fully saturated rings. The Hall–Kier alpha value is -2.17. The summed E-state index contributed by atoms with van der Waals surface area (Å²) < 4.78 is 12.8. The highest BCUT2D eigenvalue weighted by molar-refractivity contribution is 6.74. The number of allylic oxidation sites excluding steroid dienone is 2. The van der Waals surface area contributed by atoms with Crippen molar-refractivity contribution >= 4 is 14.3 Å². The normalized spacial score (nSPS) is 26.1. The van der Waals surface area contributed by atoms with Crippen LogP contribution in [0, 0.1) is 11.3 Å². The van der Waals surface area contributed by atoms with E-state index in [1.807, 2.05) is 24.3 Å². The number of hydrogen-bond donors (Lipinski definition) is 0. The average molecular weight is 503 g/mol. The SMILES string of the molecule is CC(C)(C)[Si](C)(C)OC1CC[C@H]2C3=C(CC[C@]12C)Cc1cc(OC(=O)c2ccccc2)ccc1CC3. The maximum absolute atomic E-state index is 12.6. The molecule has 2 aromatic carbocycles. The van der Waals surface area contributed by atoms with Gasteiger partial charge in [-0.3, -0.25) is 0 Å². The molecule has 5 rings (SSSR count). The molecule has 1 unspecified atom stereocenters. The van der Waals surface area contributed by atoms with Crippen LogP contribution < -0.4 is 4.74 Å². The van der Waals surface area contributed by atoms with Crippen LogP contribution in [0.5, 0.6) is 5.75 Å². The third-order valence-electron chi connectivity index (χ3n) is 9.80. The van der Waals surface area contributed by atoms with Crippen molar-refractivity contribution < 1.29 is 14.0 Å². The molecule has 4 heteroatoms. The van der Waals surface area contributed by atoms with Gasteiger partial charge in [0.05, 0.1) is 11.7 Å². The molecule has 0 N–H and O–H groups in total. The number of fused-ring (bicyclic) bond motifs is 3. The van der Waals surface area contributed by atoms with E-state index in [1.165, 1.54) is 30.4 Å². The Labute approximate surface area is 218 Å². The van der Waals surface area contributed by atoms with Gasteiger partial charge in [-0.2, -0.15) is 0 Å². The Balaban J connectivity index is 1.35. The monoisotopic (exact) mass is 502 g/mol. The number of carbonyl (C=O) groups is 1. The van der Waals surface area contributed by atoms with Gasteiger partial charge in [-0.05, 0) is 110 Å². The Kier molecular flexibility index (Phi) is 6.57. The summed E-state index contributed by atoms with van der Waals surface area (Å²) in [6.07, 6.45) is 8.41. The minimum absolute atomic E-state index is 0.242. The van der Waals surface area contributed by atoms with E-state index < -0.39 is 8.32 Å². The number of hydrogen-bond acceptors (Lipinski definition) is 3. The molecule has 0 bridgehead atoms. The van der Waals surface area contributed by atoms with E-state index in [0.717, 1.165) is 25.7 Å². The first-order valence-electron chi connectivity index (χ1n) is 13.8. The highest BCUT2D eigenvalue weighted by atomic mass is 28.4. The standard InChI is InChI=1S/C32H42O3Si/c1-31(2,3)36(5,6)35-29-17-16-28-27-15-13-22-12-14-26(34-30(33)23-10-8-7-9-11-23)21-25(22)20-24(27)18-19-32(28,29)4/h7-12,14,21,28-29H,13,15-20H2,1-6H3/t28-,29?,32-/m0/s1. The molecule has 3 aliphatic carbocycles. The van der Waals surface area contributed by atoms with Gasteiger partial charge in [0.15, 0.2) is 8.32 Å². The van der Waals surface area contributed by atoms with Crippen molar-refractivity contribution in [1.82, 2.24) is 0 Å². The van der Waals surface area contributed by atoms with Crippen molar-refractivity contribution in [3.63, 3.8) is 0 Å². The summed E-state index contributed by atoms with van der Waals surface area (Å²) in [6.45, 7) is 14.4. The second-order valence-corrected chi connectivity index (χ2v) is 17.8. The zero-order valence-electron chi connectivity index (χ0n) is 22.9. The molecule has 3 aliphatic rings. The lowest BCUT2D eigenvalue weighted by Gasteiger charge is -2.47. The van der Waals surface area contributed by atoms with Crippen LogP contribution in [0.2, 0.25) is 18.1 Å². The lowest BCUT2D eigenvalue weighted by Crippen LogP contribution is -2.48. The van der Waals surface area contributed by atoms with Gasteiger partial charge in [-0.25, -0.2) is 4.79 Å². The van der Waals surface area contributed by atoms with Crippen molar-refractivity contribution in [2.45, 2.75) is 96.9 Å². The third-order valence-corrected chi connectivity index (χ3v) is 14.3. The topological polar surface area (TPSA) is 35.5 Å². The molecular weight excluding hydrogens is 460 g/mol. The molecule has 0 amide bonds. The lowest BCUT2D eigenvalue weighted by atomic mass is 9.65. The van der Waals surface area contributed by atoms with Crippen molar-refractivity contribution in [1.29, 1.82) is 0 Å². The number of benzene rings is 2. The maximum Gasteiger partial charge on any atom is 0.343 e. The summed E-state index contributed by atoms with van der Waals surface area (Å²) in [6, 6.07) is 15.5. The molecule has 0 aromatic heterocycles. The molecule has 0 heterocycles. The quantitative estimate of drug-likeness (QED) is 0.183. The molecule has 3 nitrogen and oxygen atoms in total. The van der Waals surface area contributed by atoms with Crippen LogP contribution in [0.15, 0.2) is 59.7 Å². The largest absolute Gasteiger partial charge is 0.423 e. The van der Waals surface area contributed by atoms with Crippen molar-refractivity contribution in [3.05, 3.63) is 76.4 Å². The predicted octanol–water partition coefficient (Wildman–Crippen LogP) is 8.29. The van der Waals surface area contributed by atoms with E-state index in [0.29, 0.717) is 23.3 Å². The molecule has 192 valence electrons. The van der Waals surface area contributed by atoms with Crippen LogP contribution in [0.25, 0.3) is 0 Å². The molecule has 0 radical (unpaired) electrons. The Morgan fingerprint density at radius 3 is 2.44 bits per heavy atom. The Morgan fingerprint density at radius 1 is 0.972 bits per heavy atom. The van der Waals surface area contributed by atoms with E-state index in [1.54, 1.807) is 23.3 Å². The molecule has 3 atom stereocenters. The zero-order valence-corrected chi connectivity index (χ0v) is 23.9. The van der Waals surface area contributed by atoms with Crippen LogP contribution in [0.3, 0.4) is 0 Å². The Bertz CT molecular complexity index is 1170. The van der Waals surface area contributed by atoms with Crippen molar-refractivity contribution in [2.24, 2.45) is 11.3 Å². The first-order chi connectivity index (χ1) is 17.0. The molecular formula is C32H42O3Si. The number of esters is 1. The van der Waals surface area contributed by atoms with Crippen LogP contribution >= 0.6 is 0 Å². The van der Waals surface area contributed by atoms with Crippen LogP contribution in [-0.2, 0) is 17.3 Å². The molecule has 1 saturated carbocycles. The van der Waals surface area contributed by atoms with Crippen molar-refractivity contribution in [2.75, 3.05) is 0 Å². The number of rotatable bonds is 4. The number of aryl methyl sites for hydroxylation is 1. The van der Waals surface area contributed by atoms with E-state index in [2.05, 4.69) is 52.9 Å². The van der Waals surface area contributed by atoms with E-state index in [4.69, 9.17) is 9.16 Å². The molecule has 0 saturated heterocycles. The third kappa shape index (κ3) is 4.63. The highest BCUT2D eigenvalue weighted by Gasteiger charge is 2.53. The van der Waals surface area contributed by atoms with Gasteiger partial charge in [0, 0.05) is 0 Å². The van der Waals surface area contributed by atoms with Crippen LogP contribution in [0.1, 0.15) is 81.3 Å². The zero-order chi connectivity index (χ0) is 25.7. The van der Waals surface area contributed by atoms with Gasteiger partial charge >= 0.3 is 5.97 Å². The smallest absolute Gasteiger partial charge is 0.343 e. The highest BCUT2D eigenvalue weighted by Crippen LogP contribution is 2.58. The van der Waals surface area contributed by atoms with E-state index in [-0.39, 0.29) is 16.4 Å². The second-order valence-electron chi connectivity index (χ2n) is 13.0. The molecule has 0 spiro atoms. The fourth-order valence-corrected chi connectivity index (χ4v) is 7.98. The number of carbonyl (C=O) groups excluding carboxylic acids is 1. The first-order valence-corrected chi connectivity index (χ1v) is 16.7. The van der Waals surface area contributed by atoms with Crippen LogP contribution in [0.4, 0.5) is 0 Å². The minimum Gasteiger partial charge on any atom is -0.423 e. The lowest BCUT2D eigenvalue weighted by molar-refractivity contribution is 0.0439. The van der Waals surface area contributed by atoms with Gasteiger partial charge in [0.1, 0.15) is 5.75 Å². The second kappa shape index (κ2) is 9.29. The van der Waals surface area contributed by atoms with E-state index in [9.17, 15) is 4.79 Å². The van der Waals surface area contributed by atoms with Crippen molar-refractivity contribution in [3.8, 4) is 5.75 Å².